The van der Waals surface area contributed by atoms with E-state index >= 15 is 0 Å². The highest BCUT2D eigenvalue weighted by atomic mass is 16.3. The van der Waals surface area contributed by atoms with Crippen LogP contribution in [0.1, 0.15) is 53.4 Å². The number of aliphatic hydroxyl groups is 1. The standard InChI is InChI=1S/C14H30N2O2/c1-5-11(6-2)9-15-14(18)16-10-13(17)12(7-3)8-4/h11-13,17H,5-10H2,1-4H3,(H2,15,16,18). The van der Waals surface area contributed by atoms with Crippen molar-refractivity contribution in [3.63, 3.8) is 0 Å². The van der Waals surface area contributed by atoms with Crippen LogP contribution >= 0.6 is 0 Å². The van der Waals surface area contributed by atoms with Gasteiger partial charge in [0.05, 0.1) is 6.10 Å². The average Bonchev–Trinajstić information content (AvgIpc) is 2.39. The number of carbonyl (C=O) groups is 1. The summed E-state index contributed by atoms with van der Waals surface area (Å²) >= 11 is 0. The summed E-state index contributed by atoms with van der Waals surface area (Å²) < 4.78 is 0. The van der Waals surface area contributed by atoms with Crippen LogP contribution in [0, 0.1) is 11.8 Å². The maximum Gasteiger partial charge on any atom is 0.314 e. The van der Waals surface area contributed by atoms with Crippen molar-refractivity contribution in [2.45, 2.75) is 59.5 Å². The number of rotatable bonds is 9. The maximum atomic E-state index is 11.5. The summed E-state index contributed by atoms with van der Waals surface area (Å²) in [6.07, 6.45) is 3.59. The SMILES string of the molecule is CCC(CC)CNC(=O)NCC(O)C(CC)CC. The van der Waals surface area contributed by atoms with Gasteiger partial charge in [-0.25, -0.2) is 4.79 Å². The Hall–Kier alpha value is -0.770. The smallest absolute Gasteiger partial charge is 0.314 e. The first kappa shape index (κ1) is 17.2. The van der Waals surface area contributed by atoms with Crippen LogP contribution in [-0.2, 0) is 0 Å². The predicted molar refractivity (Wildman–Crippen MR) is 75.6 cm³/mol. The molecule has 3 N–H and O–H groups in total. The van der Waals surface area contributed by atoms with Gasteiger partial charge < -0.3 is 15.7 Å². The van der Waals surface area contributed by atoms with Gasteiger partial charge in [-0.15, -0.1) is 0 Å². The lowest BCUT2D eigenvalue weighted by atomic mass is 9.97. The molecule has 0 radical (unpaired) electrons. The zero-order chi connectivity index (χ0) is 14.0. The van der Waals surface area contributed by atoms with Gasteiger partial charge in [-0.2, -0.15) is 0 Å². The topological polar surface area (TPSA) is 61.4 Å². The van der Waals surface area contributed by atoms with Crippen molar-refractivity contribution in [3.05, 3.63) is 0 Å². The highest BCUT2D eigenvalue weighted by Crippen LogP contribution is 2.12. The van der Waals surface area contributed by atoms with Gasteiger partial charge in [0.15, 0.2) is 0 Å². The Bertz CT molecular complexity index is 214. The molecule has 0 aromatic carbocycles. The Balaban J connectivity index is 3.82. The van der Waals surface area contributed by atoms with Crippen LogP contribution in [0.25, 0.3) is 0 Å². The van der Waals surface area contributed by atoms with Crippen molar-refractivity contribution >= 4 is 6.03 Å². The van der Waals surface area contributed by atoms with Gasteiger partial charge in [0.2, 0.25) is 0 Å². The van der Waals surface area contributed by atoms with Gasteiger partial charge in [-0.3, -0.25) is 0 Å². The van der Waals surface area contributed by atoms with Crippen molar-refractivity contribution in [1.82, 2.24) is 10.6 Å². The predicted octanol–water partition coefficient (Wildman–Crippen LogP) is 2.52. The van der Waals surface area contributed by atoms with Crippen molar-refractivity contribution in [3.8, 4) is 0 Å². The molecule has 0 saturated heterocycles. The highest BCUT2D eigenvalue weighted by Gasteiger charge is 2.16. The van der Waals surface area contributed by atoms with Crippen molar-refractivity contribution in [2.24, 2.45) is 11.8 Å². The number of hydrogen-bond donors (Lipinski definition) is 3. The van der Waals surface area contributed by atoms with E-state index in [1.165, 1.54) is 0 Å². The quantitative estimate of drug-likeness (QED) is 0.595. The van der Waals surface area contributed by atoms with E-state index in [2.05, 4.69) is 38.3 Å². The van der Waals surface area contributed by atoms with E-state index in [0.717, 1.165) is 25.7 Å². The largest absolute Gasteiger partial charge is 0.391 e. The molecule has 0 fully saturated rings. The fourth-order valence-electron chi connectivity index (χ4n) is 2.07. The molecule has 4 heteroatoms. The maximum absolute atomic E-state index is 11.5. The van der Waals surface area contributed by atoms with Gasteiger partial charge >= 0.3 is 6.03 Å². The van der Waals surface area contributed by atoms with Crippen LogP contribution in [0.4, 0.5) is 4.79 Å². The van der Waals surface area contributed by atoms with Crippen LogP contribution in [0.5, 0.6) is 0 Å². The molecule has 0 aromatic rings. The zero-order valence-corrected chi connectivity index (χ0v) is 12.3. The summed E-state index contributed by atoms with van der Waals surface area (Å²) in [6, 6.07) is -0.174. The normalized spacial score (nSPS) is 12.8. The fraction of sp³-hybridized carbons (Fsp3) is 0.929. The lowest BCUT2D eigenvalue weighted by molar-refractivity contribution is 0.103. The molecule has 2 amide bonds. The third-order valence-electron chi connectivity index (χ3n) is 3.77. The molecule has 0 saturated carbocycles. The zero-order valence-electron chi connectivity index (χ0n) is 12.3. The Morgan fingerprint density at radius 1 is 0.944 bits per heavy atom. The van der Waals surface area contributed by atoms with Crippen LogP contribution in [0.15, 0.2) is 0 Å². The minimum atomic E-state index is -0.445. The lowest BCUT2D eigenvalue weighted by Gasteiger charge is -2.21. The average molecular weight is 258 g/mol. The number of urea groups is 1. The highest BCUT2D eigenvalue weighted by molar-refractivity contribution is 5.73. The van der Waals surface area contributed by atoms with Gasteiger partial charge in [0.1, 0.15) is 0 Å². The van der Waals surface area contributed by atoms with E-state index in [1.807, 2.05) is 0 Å². The summed E-state index contributed by atoms with van der Waals surface area (Å²) in [7, 11) is 0. The van der Waals surface area contributed by atoms with E-state index in [4.69, 9.17) is 0 Å². The molecule has 1 unspecified atom stereocenters. The molecular weight excluding hydrogens is 228 g/mol. The van der Waals surface area contributed by atoms with E-state index in [9.17, 15) is 9.90 Å². The minimum absolute atomic E-state index is 0.174. The van der Waals surface area contributed by atoms with Crippen LogP contribution in [-0.4, -0.2) is 30.3 Å². The van der Waals surface area contributed by atoms with Crippen molar-refractivity contribution < 1.29 is 9.90 Å². The van der Waals surface area contributed by atoms with Gasteiger partial charge in [0.25, 0.3) is 0 Å². The second kappa shape index (κ2) is 10.2. The van der Waals surface area contributed by atoms with Crippen LogP contribution in [0.3, 0.4) is 0 Å². The second-order valence-corrected chi connectivity index (χ2v) is 4.92. The van der Waals surface area contributed by atoms with E-state index in [1.54, 1.807) is 0 Å². The van der Waals surface area contributed by atoms with E-state index in [-0.39, 0.29) is 11.9 Å². The van der Waals surface area contributed by atoms with Crippen molar-refractivity contribution in [2.75, 3.05) is 13.1 Å². The molecule has 0 aliphatic carbocycles. The minimum Gasteiger partial charge on any atom is -0.391 e. The molecule has 1 atom stereocenters. The van der Waals surface area contributed by atoms with Gasteiger partial charge in [0, 0.05) is 13.1 Å². The Kier molecular flexibility index (Phi) is 9.74. The molecule has 0 rings (SSSR count). The molecule has 0 aromatic heterocycles. The fourth-order valence-corrected chi connectivity index (χ4v) is 2.07. The van der Waals surface area contributed by atoms with Gasteiger partial charge in [-0.05, 0) is 11.8 Å². The first-order valence-corrected chi connectivity index (χ1v) is 7.28. The Labute approximate surface area is 112 Å². The first-order chi connectivity index (χ1) is 8.58. The Morgan fingerprint density at radius 3 is 1.89 bits per heavy atom. The number of hydrogen-bond acceptors (Lipinski definition) is 2. The molecule has 0 heterocycles. The molecule has 108 valence electrons. The van der Waals surface area contributed by atoms with E-state index in [0.29, 0.717) is 19.0 Å². The number of amides is 2. The second-order valence-electron chi connectivity index (χ2n) is 4.92. The molecule has 4 nitrogen and oxygen atoms in total. The van der Waals surface area contributed by atoms with Crippen molar-refractivity contribution in [1.29, 1.82) is 0 Å². The molecule has 18 heavy (non-hydrogen) atoms. The molecule has 0 spiro atoms. The first-order valence-electron chi connectivity index (χ1n) is 7.28. The third kappa shape index (κ3) is 6.84. The summed E-state index contributed by atoms with van der Waals surface area (Å²) in [6.45, 7) is 9.42. The number of nitrogens with one attached hydrogen (secondary N) is 2. The van der Waals surface area contributed by atoms with Crippen LogP contribution in [0.2, 0.25) is 0 Å². The molecule has 0 aliphatic heterocycles. The lowest BCUT2D eigenvalue weighted by Crippen LogP contribution is -2.43. The summed E-state index contributed by atoms with van der Waals surface area (Å²) in [4.78, 5) is 11.5. The number of aliphatic hydroxyl groups excluding tert-OH is 1. The van der Waals surface area contributed by atoms with E-state index < -0.39 is 6.10 Å². The number of carbonyl (C=O) groups excluding carboxylic acids is 1. The molecule has 0 bridgehead atoms. The Morgan fingerprint density at radius 2 is 1.44 bits per heavy atom. The molecular formula is C14H30N2O2. The monoisotopic (exact) mass is 258 g/mol. The summed E-state index contributed by atoms with van der Waals surface area (Å²) in [5.41, 5.74) is 0. The summed E-state index contributed by atoms with van der Waals surface area (Å²) in [5.74, 6) is 0.809. The van der Waals surface area contributed by atoms with Crippen LogP contribution < -0.4 is 10.6 Å². The summed E-state index contributed by atoms with van der Waals surface area (Å²) in [5, 5.41) is 15.5. The molecule has 0 aliphatic rings. The third-order valence-corrected chi connectivity index (χ3v) is 3.77. The van der Waals surface area contributed by atoms with Gasteiger partial charge in [-0.1, -0.05) is 53.4 Å².